The van der Waals surface area contributed by atoms with E-state index in [1.54, 1.807) is 13.8 Å². The number of rotatable bonds is 5. The normalized spacial score (nSPS) is 10.9. The molecule has 0 atom stereocenters. The highest BCUT2D eigenvalue weighted by molar-refractivity contribution is 5.94. The van der Waals surface area contributed by atoms with E-state index in [-0.39, 0.29) is 24.0 Å². The lowest BCUT2D eigenvalue weighted by Gasteiger charge is -2.22. The lowest BCUT2D eigenvalue weighted by Crippen LogP contribution is -2.43. The summed E-state index contributed by atoms with van der Waals surface area (Å²) in [7, 11) is 1.51. The average molecular weight is 268 g/mol. The molecular weight excluding hydrogens is 252 g/mol. The molecule has 0 aliphatic carbocycles. The zero-order chi connectivity index (χ0) is 14.6. The quantitative estimate of drug-likeness (QED) is 0.719. The molecule has 1 aromatic rings. The van der Waals surface area contributed by atoms with Gasteiger partial charge in [0, 0.05) is 13.6 Å². The third kappa shape index (κ3) is 3.57. The predicted molar refractivity (Wildman–Crippen MR) is 65.8 cm³/mol. The average Bonchev–Trinajstić information content (AvgIpc) is 2.84. The van der Waals surface area contributed by atoms with Crippen LogP contribution >= 0.6 is 0 Å². The van der Waals surface area contributed by atoms with Gasteiger partial charge in [-0.25, -0.2) is 4.79 Å². The Morgan fingerprint density at radius 1 is 1.26 bits per heavy atom. The molecule has 0 aliphatic heterocycles. The Balaban J connectivity index is 2.65. The Morgan fingerprint density at radius 3 is 2.32 bits per heavy atom. The van der Waals surface area contributed by atoms with E-state index in [0.717, 1.165) is 0 Å². The van der Waals surface area contributed by atoms with Crippen molar-refractivity contribution in [3.63, 3.8) is 0 Å². The number of furan rings is 1. The summed E-state index contributed by atoms with van der Waals surface area (Å²) >= 11 is 0. The van der Waals surface area contributed by atoms with E-state index in [0.29, 0.717) is 0 Å². The van der Waals surface area contributed by atoms with Crippen LogP contribution in [-0.4, -0.2) is 36.5 Å². The van der Waals surface area contributed by atoms with Gasteiger partial charge in [-0.1, -0.05) is 0 Å². The molecule has 0 saturated carbocycles. The van der Waals surface area contributed by atoms with Crippen molar-refractivity contribution in [2.75, 3.05) is 13.6 Å². The van der Waals surface area contributed by atoms with E-state index in [2.05, 4.69) is 10.6 Å². The Hall–Kier alpha value is -2.31. The summed E-state index contributed by atoms with van der Waals surface area (Å²) in [4.78, 5) is 33.8. The summed E-state index contributed by atoms with van der Waals surface area (Å²) in [6.07, 6.45) is 0. The summed E-state index contributed by atoms with van der Waals surface area (Å²) in [6, 6.07) is 2.47. The van der Waals surface area contributed by atoms with E-state index in [1.807, 2.05) is 0 Å². The molecule has 1 aromatic heterocycles. The fraction of sp³-hybridized carbons (Fsp3) is 0.417. The van der Waals surface area contributed by atoms with Crippen molar-refractivity contribution < 1.29 is 23.9 Å². The number of carbonyl (C=O) groups is 3. The fourth-order valence-corrected chi connectivity index (χ4v) is 1.38. The lowest BCUT2D eigenvalue weighted by molar-refractivity contribution is -0.128. The van der Waals surface area contributed by atoms with Crippen LogP contribution in [0.25, 0.3) is 0 Å². The summed E-state index contributed by atoms with van der Waals surface area (Å²) in [6.45, 7) is 3.46. The molecule has 7 nitrogen and oxygen atoms in total. The highest BCUT2D eigenvalue weighted by Gasteiger charge is 2.27. The monoisotopic (exact) mass is 268 g/mol. The van der Waals surface area contributed by atoms with Crippen LogP contribution in [0, 0.1) is 5.41 Å². The molecule has 0 spiro atoms. The Labute approximate surface area is 110 Å². The van der Waals surface area contributed by atoms with Crippen molar-refractivity contribution in [1.82, 2.24) is 10.6 Å². The third-order valence-electron chi connectivity index (χ3n) is 2.57. The molecule has 1 heterocycles. The molecule has 1 rings (SSSR count). The van der Waals surface area contributed by atoms with E-state index < -0.39 is 17.3 Å². The van der Waals surface area contributed by atoms with Gasteiger partial charge in [-0.05, 0) is 26.0 Å². The van der Waals surface area contributed by atoms with Gasteiger partial charge in [-0.3, -0.25) is 9.59 Å². The summed E-state index contributed by atoms with van der Waals surface area (Å²) < 4.78 is 4.85. The number of carbonyl (C=O) groups excluding carboxylic acids is 2. The van der Waals surface area contributed by atoms with Crippen LogP contribution in [0.3, 0.4) is 0 Å². The second-order valence-corrected chi connectivity index (χ2v) is 4.61. The summed E-state index contributed by atoms with van der Waals surface area (Å²) in [5.74, 6) is -2.44. The van der Waals surface area contributed by atoms with Gasteiger partial charge in [0.1, 0.15) is 0 Å². The van der Waals surface area contributed by atoms with Gasteiger partial charge in [-0.2, -0.15) is 0 Å². The number of hydrogen-bond donors (Lipinski definition) is 3. The van der Waals surface area contributed by atoms with Crippen LogP contribution in [-0.2, 0) is 4.79 Å². The van der Waals surface area contributed by atoms with E-state index in [9.17, 15) is 14.4 Å². The molecule has 0 unspecified atom stereocenters. The first-order valence-electron chi connectivity index (χ1n) is 5.61. The van der Waals surface area contributed by atoms with Crippen molar-refractivity contribution in [1.29, 1.82) is 0 Å². The van der Waals surface area contributed by atoms with Gasteiger partial charge in [0.15, 0.2) is 5.76 Å². The van der Waals surface area contributed by atoms with E-state index in [1.165, 1.54) is 19.2 Å². The zero-order valence-corrected chi connectivity index (χ0v) is 10.9. The van der Waals surface area contributed by atoms with Crippen molar-refractivity contribution in [3.05, 3.63) is 23.7 Å². The smallest absolute Gasteiger partial charge is 0.371 e. The van der Waals surface area contributed by atoms with Crippen molar-refractivity contribution in [3.8, 4) is 0 Å². The van der Waals surface area contributed by atoms with Gasteiger partial charge >= 0.3 is 5.97 Å². The maximum atomic E-state index is 11.7. The van der Waals surface area contributed by atoms with Gasteiger partial charge in [0.25, 0.3) is 5.91 Å². The number of nitrogens with one attached hydrogen (secondary N) is 2. The Morgan fingerprint density at radius 2 is 1.84 bits per heavy atom. The minimum Gasteiger partial charge on any atom is -0.475 e. The molecule has 3 N–H and O–H groups in total. The standard InChI is InChI=1S/C12H16N2O5/c1-12(2,11(18)13-3)6-14-9(15)7-4-5-8(19-7)10(16)17/h4-5H,6H2,1-3H3,(H,13,18)(H,14,15)(H,16,17). The Bertz CT molecular complexity index is 504. The van der Waals surface area contributed by atoms with Crippen molar-refractivity contribution >= 4 is 17.8 Å². The fourth-order valence-electron chi connectivity index (χ4n) is 1.38. The SMILES string of the molecule is CNC(=O)C(C)(C)CNC(=O)c1ccc(C(=O)O)o1. The number of hydrogen-bond acceptors (Lipinski definition) is 4. The van der Waals surface area contributed by atoms with Crippen LogP contribution in [0.4, 0.5) is 0 Å². The maximum absolute atomic E-state index is 11.7. The zero-order valence-electron chi connectivity index (χ0n) is 10.9. The number of aromatic carboxylic acids is 1. The van der Waals surface area contributed by atoms with Crippen LogP contribution in [0.15, 0.2) is 16.5 Å². The van der Waals surface area contributed by atoms with Gasteiger partial charge in [-0.15, -0.1) is 0 Å². The summed E-state index contributed by atoms with van der Waals surface area (Å²) in [5, 5.41) is 13.7. The second-order valence-electron chi connectivity index (χ2n) is 4.61. The molecule has 0 bridgehead atoms. The third-order valence-corrected chi connectivity index (χ3v) is 2.57. The molecule has 2 amide bonds. The molecular formula is C12H16N2O5. The molecule has 0 aromatic carbocycles. The molecule has 104 valence electrons. The largest absolute Gasteiger partial charge is 0.475 e. The summed E-state index contributed by atoms with van der Waals surface area (Å²) in [5.41, 5.74) is -0.771. The molecule has 0 fully saturated rings. The van der Waals surface area contributed by atoms with Crippen LogP contribution in [0.1, 0.15) is 35.0 Å². The van der Waals surface area contributed by atoms with Gasteiger partial charge < -0.3 is 20.2 Å². The van der Waals surface area contributed by atoms with Gasteiger partial charge in [0.2, 0.25) is 11.7 Å². The van der Waals surface area contributed by atoms with E-state index in [4.69, 9.17) is 9.52 Å². The van der Waals surface area contributed by atoms with Gasteiger partial charge in [0.05, 0.1) is 5.41 Å². The minimum absolute atomic E-state index is 0.106. The van der Waals surface area contributed by atoms with Crippen LogP contribution in [0.5, 0.6) is 0 Å². The second kappa shape index (κ2) is 5.55. The number of carboxylic acid groups (broad SMARTS) is 1. The molecule has 19 heavy (non-hydrogen) atoms. The maximum Gasteiger partial charge on any atom is 0.371 e. The molecule has 7 heteroatoms. The minimum atomic E-state index is -1.25. The lowest BCUT2D eigenvalue weighted by atomic mass is 9.92. The number of amides is 2. The molecule has 0 radical (unpaired) electrons. The first-order chi connectivity index (χ1) is 8.77. The van der Waals surface area contributed by atoms with Crippen LogP contribution in [0.2, 0.25) is 0 Å². The highest BCUT2D eigenvalue weighted by atomic mass is 16.4. The van der Waals surface area contributed by atoms with Crippen molar-refractivity contribution in [2.45, 2.75) is 13.8 Å². The molecule has 0 aliphatic rings. The first-order valence-corrected chi connectivity index (χ1v) is 5.61. The highest BCUT2D eigenvalue weighted by Crippen LogP contribution is 2.14. The van der Waals surface area contributed by atoms with E-state index >= 15 is 0 Å². The molecule has 0 saturated heterocycles. The predicted octanol–water partition coefficient (Wildman–Crippen LogP) is 0.480. The first kappa shape index (κ1) is 14.7. The van der Waals surface area contributed by atoms with Crippen molar-refractivity contribution in [2.24, 2.45) is 5.41 Å². The topological polar surface area (TPSA) is 109 Å². The van der Waals surface area contributed by atoms with Crippen LogP contribution < -0.4 is 10.6 Å². The number of carboxylic acids is 1. The Kier molecular flexibility index (Phi) is 4.31.